The van der Waals surface area contributed by atoms with Crippen LogP contribution in [0.4, 0.5) is 0 Å². The second kappa shape index (κ2) is 8.08. The van der Waals surface area contributed by atoms with E-state index >= 15 is 0 Å². The first-order valence-corrected chi connectivity index (χ1v) is 6.85. The number of amides is 1. The fourth-order valence-electron chi connectivity index (χ4n) is 2.26. The minimum Gasteiger partial charge on any atom is -0.481 e. The van der Waals surface area contributed by atoms with Gasteiger partial charge in [-0.25, -0.2) is 0 Å². The molecule has 1 aliphatic rings. The van der Waals surface area contributed by atoms with Crippen molar-refractivity contribution in [3.05, 3.63) is 0 Å². The third-order valence-corrected chi connectivity index (χ3v) is 3.35. The van der Waals surface area contributed by atoms with Crippen molar-refractivity contribution in [1.29, 1.82) is 0 Å². The number of piperidine rings is 1. The molecule has 0 aromatic rings. The van der Waals surface area contributed by atoms with Gasteiger partial charge in [0.1, 0.15) is 0 Å². The van der Waals surface area contributed by atoms with Gasteiger partial charge in [-0.15, -0.1) is 0 Å². The number of aliphatic carboxylic acids is 1. The second-order valence-electron chi connectivity index (χ2n) is 4.93. The van der Waals surface area contributed by atoms with E-state index in [0.717, 1.165) is 38.8 Å². The lowest BCUT2D eigenvalue weighted by Gasteiger charge is -2.31. The Balaban J connectivity index is 2.28. The van der Waals surface area contributed by atoms with E-state index in [-0.39, 0.29) is 18.2 Å². The molecular weight excluding hydrogens is 232 g/mol. The number of hydrogen-bond donors (Lipinski definition) is 2. The van der Waals surface area contributed by atoms with Crippen LogP contribution < -0.4 is 5.32 Å². The average molecular weight is 256 g/mol. The lowest BCUT2D eigenvalue weighted by Crippen LogP contribution is -2.43. The summed E-state index contributed by atoms with van der Waals surface area (Å²) < 4.78 is 0. The Morgan fingerprint density at radius 3 is 2.89 bits per heavy atom. The highest BCUT2D eigenvalue weighted by atomic mass is 16.4. The van der Waals surface area contributed by atoms with Crippen molar-refractivity contribution in [2.24, 2.45) is 5.92 Å². The summed E-state index contributed by atoms with van der Waals surface area (Å²) in [5, 5.41) is 11.6. The molecular formula is C13H24N2O3. The van der Waals surface area contributed by atoms with Gasteiger partial charge in [-0.05, 0) is 25.8 Å². The van der Waals surface area contributed by atoms with Gasteiger partial charge in [0.15, 0.2) is 0 Å². The number of unbranched alkanes of at least 4 members (excludes halogenated alkanes) is 1. The summed E-state index contributed by atoms with van der Waals surface area (Å²) >= 11 is 0. The molecule has 0 aromatic heterocycles. The minimum atomic E-state index is -0.774. The summed E-state index contributed by atoms with van der Waals surface area (Å²) in [7, 11) is 0. The summed E-state index contributed by atoms with van der Waals surface area (Å²) in [5.74, 6) is -0.614. The van der Waals surface area contributed by atoms with Crippen LogP contribution in [0.1, 0.15) is 39.0 Å². The predicted octanol–water partition coefficient (Wildman–Crippen LogP) is 1.09. The number of carboxylic acids is 1. The molecule has 1 aliphatic heterocycles. The van der Waals surface area contributed by atoms with Crippen molar-refractivity contribution in [3.8, 4) is 0 Å². The maximum absolute atomic E-state index is 11.9. The van der Waals surface area contributed by atoms with Gasteiger partial charge in [-0.3, -0.25) is 9.59 Å². The molecule has 104 valence electrons. The second-order valence-corrected chi connectivity index (χ2v) is 4.93. The molecule has 18 heavy (non-hydrogen) atoms. The summed E-state index contributed by atoms with van der Waals surface area (Å²) in [6.45, 7) is 5.01. The molecule has 0 aromatic carbocycles. The van der Waals surface area contributed by atoms with Crippen molar-refractivity contribution in [2.75, 3.05) is 26.2 Å². The van der Waals surface area contributed by atoms with E-state index in [2.05, 4.69) is 17.1 Å². The molecule has 0 bridgehead atoms. The zero-order valence-electron chi connectivity index (χ0n) is 11.2. The number of hydrogen-bond acceptors (Lipinski definition) is 3. The molecule has 5 heteroatoms. The van der Waals surface area contributed by atoms with E-state index in [9.17, 15) is 9.59 Å². The maximum Gasteiger partial charge on any atom is 0.304 e. The summed E-state index contributed by atoms with van der Waals surface area (Å²) in [6.07, 6.45) is 4.15. The Morgan fingerprint density at radius 1 is 1.44 bits per heavy atom. The van der Waals surface area contributed by atoms with Crippen LogP contribution in [0.5, 0.6) is 0 Å². The lowest BCUT2D eigenvalue weighted by atomic mass is 9.97. The lowest BCUT2D eigenvalue weighted by molar-refractivity contribution is -0.137. The Labute approximate surface area is 109 Å². The largest absolute Gasteiger partial charge is 0.481 e. The van der Waals surface area contributed by atoms with Crippen LogP contribution in [-0.2, 0) is 9.59 Å². The van der Waals surface area contributed by atoms with Crippen LogP contribution in [0.25, 0.3) is 0 Å². The maximum atomic E-state index is 11.9. The van der Waals surface area contributed by atoms with E-state index in [1.165, 1.54) is 0 Å². The Morgan fingerprint density at radius 2 is 2.22 bits per heavy atom. The quantitative estimate of drug-likeness (QED) is 0.669. The molecule has 2 N–H and O–H groups in total. The molecule has 1 heterocycles. The van der Waals surface area contributed by atoms with Crippen LogP contribution in [-0.4, -0.2) is 48.1 Å². The van der Waals surface area contributed by atoms with Crippen molar-refractivity contribution in [1.82, 2.24) is 10.2 Å². The first-order chi connectivity index (χ1) is 8.63. The molecule has 1 saturated heterocycles. The summed E-state index contributed by atoms with van der Waals surface area (Å²) in [4.78, 5) is 24.5. The highest BCUT2D eigenvalue weighted by Crippen LogP contribution is 2.16. The van der Waals surface area contributed by atoms with Crippen LogP contribution in [0.3, 0.4) is 0 Å². The average Bonchev–Trinajstić information content (AvgIpc) is 2.37. The van der Waals surface area contributed by atoms with Gasteiger partial charge in [0, 0.05) is 19.6 Å². The van der Waals surface area contributed by atoms with E-state index in [1.54, 1.807) is 0 Å². The van der Waals surface area contributed by atoms with Gasteiger partial charge in [0.2, 0.25) is 5.91 Å². The Hall–Kier alpha value is -1.10. The molecule has 1 fully saturated rings. The first-order valence-electron chi connectivity index (χ1n) is 6.85. The number of nitrogens with zero attached hydrogens (tertiary/aromatic N) is 1. The molecule has 1 rings (SSSR count). The van der Waals surface area contributed by atoms with E-state index < -0.39 is 5.97 Å². The van der Waals surface area contributed by atoms with Crippen molar-refractivity contribution in [2.45, 2.75) is 39.0 Å². The molecule has 0 spiro atoms. The van der Waals surface area contributed by atoms with Gasteiger partial charge in [0.05, 0.1) is 12.3 Å². The number of carboxylic acid groups (broad SMARTS) is 1. The number of nitrogens with one attached hydrogen (secondary N) is 1. The number of carbonyl (C=O) groups is 2. The molecule has 0 radical (unpaired) electrons. The molecule has 1 atom stereocenters. The van der Waals surface area contributed by atoms with Crippen molar-refractivity contribution in [3.63, 3.8) is 0 Å². The molecule has 1 amide bonds. The predicted molar refractivity (Wildman–Crippen MR) is 69.3 cm³/mol. The highest BCUT2D eigenvalue weighted by Gasteiger charge is 2.25. The van der Waals surface area contributed by atoms with E-state index in [1.807, 2.05) is 0 Å². The standard InChI is InChI=1S/C13H24N2O3/c1-2-3-7-14-13(18)11-5-4-8-15(10-11)9-6-12(16)17/h11H,2-10H2,1H3,(H,14,18)(H,16,17). The van der Waals surface area contributed by atoms with Crippen LogP contribution in [0, 0.1) is 5.92 Å². The van der Waals surface area contributed by atoms with Gasteiger partial charge in [-0.2, -0.15) is 0 Å². The number of rotatable bonds is 7. The zero-order valence-corrected chi connectivity index (χ0v) is 11.2. The molecule has 0 aliphatic carbocycles. The third kappa shape index (κ3) is 5.49. The van der Waals surface area contributed by atoms with Gasteiger partial charge in [-0.1, -0.05) is 13.3 Å². The Bertz CT molecular complexity index is 281. The van der Waals surface area contributed by atoms with E-state index in [0.29, 0.717) is 13.1 Å². The fourth-order valence-corrected chi connectivity index (χ4v) is 2.26. The Kier molecular flexibility index (Phi) is 6.72. The van der Waals surface area contributed by atoms with E-state index in [4.69, 9.17) is 5.11 Å². The summed E-state index contributed by atoms with van der Waals surface area (Å²) in [6, 6.07) is 0. The first kappa shape index (κ1) is 15.0. The topological polar surface area (TPSA) is 69.6 Å². The van der Waals surface area contributed by atoms with Gasteiger partial charge in [0.25, 0.3) is 0 Å². The molecule has 1 unspecified atom stereocenters. The molecule has 0 saturated carbocycles. The van der Waals surface area contributed by atoms with Crippen LogP contribution in [0.2, 0.25) is 0 Å². The van der Waals surface area contributed by atoms with Crippen LogP contribution >= 0.6 is 0 Å². The molecule has 5 nitrogen and oxygen atoms in total. The summed E-state index contributed by atoms with van der Waals surface area (Å²) in [5.41, 5.74) is 0. The van der Waals surface area contributed by atoms with Crippen molar-refractivity contribution < 1.29 is 14.7 Å². The monoisotopic (exact) mass is 256 g/mol. The van der Waals surface area contributed by atoms with Crippen LogP contribution in [0.15, 0.2) is 0 Å². The smallest absolute Gasteiger partial charge is 0.304 e. The number of likely N-dealkylation sites (tertiary alicyclic amines) is 1. The normalized spacial score (nSPS) is 20.6. The fraction of sp³-hybridized carbons (Fsp3) is 0.846. The third-order valence-electron chi connectivity index (χ3n) is 3.35. The van der Waals surface area contributed by atoms with Gasteiger partial charge >= 0.3 is 5.97 Å². The zero-order chi connectivity index (χ0) is 13.4. The SMILES string of the molecule is CCCCNC(=O)C1CCCN(CCC(=O)O)C1. The highest BCUT2D eigenvalue weighted by molar-refractivity contribution is 5.78. The van der Waals surface area contributed by atoms with Crippen molar-refractivity contribution >= 4 is 11.9 Å². The number of carbonyl (C=O) groups excluding carboxylic acids is 1. The minimum absolute atomic E-state index is 0.0319. The van der Waals surface area contributed by atoms with Gasteiger partial charge < -0.3 is 15.3 Å².